The van der Waals surface area contributed by atoms with Crippen LogP contribution in [0.4, 0.5) is 15.8 Å². The van der Waals surface area contributed by atoms with Crippen molar-refractivity contribution < 1.29 is 14.3 Å². The van der Waals surface area contributed by atoms with Crippen LogP contribution in [-0.4, -0.2) is 16.1 Å². The average molecular weight is 372 g/mol. The van der Waals surface area contributed by atoms with Crippen molar-refractivity contribution in [2.45, 2.75) is 0 Å². The van der Waals surface area contributed by atoms with Crippen molar-refractivity contribution in [3.63, 3.8) is 0 Å². The number of anilines is 2. The van der Waals surface area contributed by atoms with Crippen LogP contribution in [0.15, 0.2) is 72.9 Å². The molecule has 1 heterocycles. The molecule has 0 fully saturated rings. The van der Waals surface area contributed by atoms with Crippen molar-refractivity contribution in [2.24, 2.45) is 0 Å². The standard InChI is InChI=1S/C23H17FN2O2/c24-17-7-9-18(10-8-17)26-22-14-15(5-11-20(22)23(27)28)4-6-16-2-1-3-21-19(16)12-13-25-21/h1-14,25-26H,(H,27,28)/b6-4+. The van der Waals surface area contributed by atoms with Crippen LogP contribution in [-0.2, 0) is 0 Å². The molecule has 4 rings (SSSR count). The number of aromatic amines is 1. The minimum absolute atomic E-state index is 0.147. The van der Waals surface area contributed by atoms with Gasteiger partial charge in [-0.3, -0.25) is 0 Å². The van der Waals surface area contributed by atoms with Gasteiger partial charge in [0.2, 0.25) is 0 Å². The second-order valence-electron chi connectivity index (χ2n) is 6.36. The topological polar surface area (TPSA) is 65.1 Å². The second-order valence-corrected chi connectivity index (χ2v) is 6.36. The summed E-state index contributed by atoms with van der Waals surface area (Å²) >= 11 is 0. The molecule has 4 nitrogen and oxygen atoms in total. The molecule has 0 bridgehead atoms. The third kappa shape index (κ3) is 3.64. The Morgan fingerprint density at radius 3 is 2.61 bits per heavy atom. The number of carbonyl (C=O) groups is 1. The molecule has 0 aliphatic rings. The van der Waals surface area contributed by atoms with Gasteiger partial charge in [0.05, 0.1) is 11.3 Å². The van der Waals surface area contributed by atoms with Gasteiger partial charge in [-0.25, -0.2) is 9.18 Å². The maximum Gasteiger partial charge on any atom is 0.337 e. The minimum atomic E-state index is -1.03. The zero-order valence-corrected chi connectivity index (χ0v) is 14.8. The molecule has 0 amide bonds. The number of aromatic nitrogens is 1. The van der Waals surface area contributed by atoms with Crippen LogP contribution < -0.4 is 5.32 Å². The highest BCUT2D eigenvalue weighted by atomic mass is 19.1. The Morgan fingerprint density at radius 1 is 1.00 bits per heavy atom. The Bertz CT molecular complexity index is 1180. The first kappa shape index (κ1) is 17.5. The normalized spacial score (nSPS) is 11.2. The molecular weight excluding hydrogens is 355 g/mol. The van der Waals surface area contributed by atoms with Gasteiger partial charge in [-0.2, -0.15) is 0 Å². The average Bonchev–Trinajstić information content (AvgIpc) is 3.17. The number of benzene rings is 3. The second kappa shape index (κ2) is 7.40. The van der Waals surface area contributed by atoms with Gasteiger partial charge in [-0.15, -0.1) is 0 Å². The zero-order chi connectivity index (χ0) is 19.5. The monoisotopic (exact) mass is 372 g/mol. The van der Waals surface area contributed by atoms with Crippen LogP contribution in [0, 0.1) is 5.82 Å². The fourth-order valence-corrected chi connectivity index (χ4v) is 3.09. The summed E-state index contributed by atoms with van der Waals surface area (Å²) in [6.45, 7) is 0. The van der Waals surface area contributed by atoms with E-state index in [0.717, 1.165) is 22.0 Å². The number of hydrogen-bond acceptors (Lipinski definition) is 2. The molecule has 0 atom stereocenters. The number of nitrogens with one attached hydrogen (secondary N) is 2. The first-order valence-electron chi connectivity index (χ1n) is 8.74. The summed E-state index contributed by atoms with van der Waals surface area (Å²) in [7, 11) is 0. The minimum Gasteiger partial charge on any atom is -0.478 e. The van der Waals surface area contributed by atoms with E-state index in [-0.39, 0.29) is 11.4 Å². The van der Waals surface area contributed by atoms with Gasteiger partial charge in [0.15, 0.2) is 0 Å². The van der Waals surface area contributed by atoms with E-state index in [4.69, 9.17) is 0 Å². The van der Waals surface area contributed by atoms with E-state index in [1.165, 1.54) is 12.1 Å². The van der Waals surface area contributed by atoms with Crippen LogP contribution in [0.3, 0.4) is 0 Å². The Morgan fingerprint density at radius 2 is 1.82 bits per heavy atom. The Hall–Kier alpha value is -3.86. The molecule has 5 heteroatoms. The summed E-state index contributed by atoms with van der Waals surface area (Å²) in [6, 6.07) is 18.9. The Kier molecular flexibility index (Phi) is 4.64. The molecule has 0 aliphatic heterocycles. The van der Waals surface area contributed by atoms with Crippen molar-refractivity contribution in [3.8, 4) is 0 Å². The van der Waals surface area contributed by atoms with Crippen LogP contribution in [0.1, 0.15) is 21.5 Å². The zero-order valence-electron chi connectivity index (χ0n) is 14.8. The van der Waals surface area contributed by atoms with Crippen LogP contribution >= 0.6 is 0 Å². The maximum atomic E-state index is 13.1. The van der Waals surface area contributed by atoms with Crippen molar-refractivity contribution in [1.29, 1.82) is 0 Å². The van der Waals surface area contributed by atoms with Crippen LogP contribution in [0.2, 0.25) is 0 Å². The van der Waals surface area contributed by atoms with E-state index >= 15 is 0 Å². The van der Waals surface area contributed by atoms with Crippen molar-refractivity contribution in [1.82, 2.24) is 4.98 Å². The molecule has 138 valence electrons. The van der Waals surface area contributed by atoms with Crippen molar-refractivity contribution >= 4 is 40.4 Å². The summed E-state index contributed by atoms with van der Waals surface area (Å²) in [4.78, 5) is 14.7. The molecule has 0 saturated carbocycles. The highest BCUT2D eigenvalue weighted by Gasteiger charge is 2.11. The summed E-state index contributed by atoms with van der Waals surface area (Å²) in [6.07, 6.45) is 5.82. The third-order valence-corrected chi connectivity index (χ3v) is 4.48. The lowest BCUT2D eigenvalue weighted by molar-refractivity contribution is 0.0698. The predicted octanol–water partition coefficient (Wildman–Crippen LogP) is 5.92. The number of hydrogen-bond donors (Lipinski definition) is 3. The van der Waals surface area contributed by atoms with E-state index < -0.39 is 5.97 Å². The molecule has 0 radical (unpaired) electrons. The van der Waals surface area contributed by atoms with Gasteiger partial charge in [0.25, 0.3) is 0 Å². The highest BCUT2D eigenvalue weighted by Crippen LogP contribution is 2.25. The van der Waals surface area contributed by atoms with Crippen molar-refractivity contribution in [3.05, 3.63) is 95.4 Å². The van der Waals surface area contributed by atoms with E-state index in [2.05, 4.69) is 10.3 Å². The fourth-order valence-electron chi connectivity index (χ4n) is 3.09. The number of rotatable bonds is 5. The number of aromatic carboxylic acids is 1. The molecule has 0 saturated heterocycles. The van der Waals surface area contributed by atoms with E-state index in [0.29, 0.717) is 11.4 Å². The Labute approximate surface area is 161 Å². The summed E-state index contributed by atoms with van der Waals surface area (Å²) in [5.41, 5.74) is 4.18. The lowest BCUT2D eigenvalue weighted by Gasteiger charge is -2.11. The maximum absolute atomic E-state index is 13.1. The van der Waals surface area contributed by atoms with Crippen LogP contribution in [0.25, 0.3) is 23.1 Å². The third-order valence-electron chi connectivity index (χ3n) is 4.48. The molecule has 0 spiro atoms. The van der Waals surface area contributed by atoms with E-state index in [1.807, 2.05) is 42.6 Å². The van der Waals surface area contributed by atoms with E-state index in [1.54, 1.807) is 30.3 Å². The lowest BCUT2D eigenvalue weighted by Crippen LogP contribution is -2.03. The number of H-pyrrole nitrogens is 1. The van der Waals surface area contributed by atoms with Crippen molar-refractivity contribution in [2.75, 3.05) is 5.32 Å². The van der Waals surface area contributed by atoms with Gasteiger partial charge < -0.3 is 15.4 Å². The molecule has 3 aromatic carbocycles. The smallest absolute Gasteiger partial charge is 0.337 e. The highest BCUT2D eigenvalue weighted by molar-refractivity contribution is 5.96. The number of carboxylic acids is 1. The van der Waals surface area contributed by atoms with Gasteiger partial charge in [-0.1, -0.05) is 30.4 Å². The number of halogens is 1. The molecule has 1 aromatic heterocycles. The molecular formula is C23H17FN2O2. The van der Waals surface area contributed by atoms with Gasteiger partial charge in [0.1, 0.15) is 5.82 Å². The predicted molar refractivity (Wildman–Crippen MR) is 110 cm³/mol. The molecule has 3 N–H and O–H groups in total. The first-order valence-corrected chi connectivity index (χ1v) is 8.74. The summed E-state index contributed by atoms with van der Waals surface area (Å²) in [5, 5.41) is 13.6. The van der Waals surface area contributed by atoms with Gasteiger partial charge in [-0.05, 0) is 59.7 Å². The number of carboxylic acid groups (broad SMARTS) is 1. The van der Waals surface area contributed by atoms with Gasteiger partial charge >= 0.3 is 5.97 Å². The molecule has 0 unspecified atom stereocenters. The van der Waals surface area contributed by atoms with E-state index in [9.17, 15) is 14.3 Å². The summed E-state index contributed by atoms with van der Waals surface area (Å²) in [5.74, 6) is -1.38. The van der Waals surface area contributed by atoms with Crippen LogP contribution in [0.5, 0.6) is 0 Å². The first-order chi connectivity index (χ1) is 13.6. The lowest BCUT2D eigenvalue weighted by atomic mass is 10.1. The van der Waals surface area contributed by atoms with Gasteiger partial charge in [0, 0.05) is 22.8 Å². The summed E-state index contributed by atoms with van der Waals surface area (Å²) < 4.78 is 13.1. The molecule has 4 aromatic rings. The SMILES string of the molecule is O=C(O)c1ccc(/C=C/c2cccc3[nH]ccc23)cc1Nc1ccc(F)cc1. The Balaban J connectivity index is 1.67. The quantitative estimate of drug-likeness (QED) is 0.381. The molecule has 28 heavy (non-hydrogen) atoms. The largest absolute Gasteiger partial charge is 0.478 e. The fraction of sp³-hybridized carbons (Fsp3) is 0. The molecule has 0 aliphatic carbocycles. The number of fused-ring (bicyclic) bond motifs is 1.